The van der Waals surface area contributed by atoms with E-state index in [0.717, 1.165) is 34.4 Å². The van der Waals surface area contributed by atoms with Gasteiger partial charge in [0, 0.05) is 11.2 Å². The van der Waals surface area contributed by atoms with Crippen molar-refractivity contribution in [2.75, 3.05) is 33.0 Å². The van der Waals surface area contributed by atoms with Crippen LogP contribution in [0.1, 0.15) is 129 Å². The van der Waals surface area contributed by atoms with Gasteiger partial charge in [0.15, 0.2) is 11.4 Å². The molecule has 0 saturated carbocycles. The van der Waals surface area contributed by atoms with E-state index in [-0.39, 0.29) is 53.7 Å². The lowest BCUT2D eigenvalue weighted by Crippen LogP contribution is -2.55. The maximum Gasteiger partial charge on any atom is 0.337 e. The summed E-state index contributed by atoms with van der Waals surface area (Å²) in [5.74, 6) is -0.849. The van der Waals surface area contributed by atoms with E-state index in [1.54, 1.807) is 27.7 Å². The molecule has 4 rings (SSSR count). The summed E-state index contributed by atoms with van der Waals surface area (Å²) in [5.41, 5.74) is 1.65. The van der Waals surface area contributed by atoms with Crippen molar-refractivity contribution in [3.63, 3.8) is 0 Å². The molecule has 1 fully saturated rings. The van der Waals surface area contributed by atoms with Crippen LogP contribution < -0.4 is 0 Å². The van der Waals surface area contributed by atoms with Crippen LogP contribution in [0.3, 0.4) is 0 Å². The number of ether oxygens (including phenoxy) is 6. The highest BCUT2D eigenvalue weighted by Gasteiger charge is 2.56. The van der Waals surface area contributed by atoms with Crippen LogP contribution in [-0.2, 0) is 66.8 Å². The molecule has 7 atom stereocenters. The zero-order valence-corrected chi connectivity index (χ0v) is 41.2. The minimum absolute atomic E-state index is 0.0248. The van der Waals surface area contributed by atoms with E-state index in [2.05, 4.69) is 123 Å². The Kier molecular flexibility index (Phi) is 17.8. The predicted octanol–water partition coefficient (Wildman–Crippen LogP) is 11.1. The van der Waals surface area contributed by atoms with Crippen molar-refractivity contribution in [2.24, 2.45) is 23.2 Å². The Morgan fingerprint density at radius 2 is 1.26 bits per heavy atom. The summed E-state index contributed by atoms with van der Waals surface area (Å²) >= 11 is 4.21. The molecule has 1 aliphatic rings. The molecule has 0 bridgehead atoms. The van der Waals surface area contributed by atoms with E-state index in [4.69, 9.17) is 28.4 Å². The monoisotopic (exact) mass is 920 g/mol. The van der Waals surface area contributed by atoms with E-state index >= 15 is 0 Å². The fraction of sp³-hybridized carbons (Fsp3) is 0.596. The average Bonchev–Trinajstić information content (AvgIpc) is 4.09. The number of carbonyl (C=O) groups excluding carboxylic acids is 3. The minimum Gasteiger partial charge on any atom is -0.466 e. The average molecular weight is 922 g/mol. The first-order chi connectivity index (χ1) is 29.0. The third-order valence-corrected chi connectivity index (χ3v) is 15.5. The summed E-state index contributed by atoms with van der Waals surface area (Å²) in [5, 5.41) is 0. The zero-order valence-electron chi connectivity index (χ0n) is 39.6. The molecule has 1 heterocycles. The number of alkyl halides is 1. The van der Waals surface area contributed by atoms with Crippen LogP contribution in [0.2, 0.25) is 0 Å². The molecule has 342 valence electrons. The highest BCUT2D eigenvalue weighted by Crippen LogP contribution is 2.58. The van der Waals surface area contributed by atoms with Gasteiger partial charge in [0.1, 0.15) is 11.7 Å². The van der Waals surface area contributed by atoms with Gasteiger partial charge >= 0.3 is 11.9 Å². The molecule has 1 saturated heterocycles. The fourth-order valence-corrected chi connectivity index (χ4v) is 9.27. The fourth-order valence-electron chi connectivity index (χ4n) is 8.42. The molecular weight excluding hydrogens is 848 g/mol. The first-order valence-electron chi connectivity index (χ1n) is 22.2. The van der Waals surface area contributed by atoms with Gasteiger partial charge in [0.05, 0.1) is 51.7 Å². The van der Waals surface area contributed by atoms with Crippen LogP contribution in [0.25, 0.3) is 0 Å². The molecule has 3 aromatic rings. The number of benzene rings is 3. The number of hydrogen-bond acceptors (Lipinski definition) is 9. The second-order valence-electron chi connectivity index (χ2n) is 19.1. The van der Waals surface area contributed by atoms with Gasteiger partial charge in [0.2, 0.25) is 0 Å². The Balaban J connectivity index is 1.65. The third-order valence-electron chi connectivity index (χ3n) is 14.1. The topological polar surface area (TPSA) is 110 Å². The summed E-state index contributed by atoms with van der Waals surface area (Å²) in [7, 11) is 0. The standard InChI is InChI=1S/C52H73BrO9/c1-14-58-46(55)48(6,7)36(3)52(13,42-19-16-15-17-20-42)37(4)51(12,35(2)45(53)41-25-21-39(22-26-41)31-57-33-44-34-60-44)43-27-23-40(24-28-43)32-62-50(10,11)47(56)59-29-18-30-61-49(8,9)38(5)54/h15-17,19-28,35-37,44-45H,14,18,29-34H2,1-13H3. The van der Waals surface area contributed by atoms with Gasteiger partial charge in [0.25, 0.3) is 0 Å². The number of epoxide rings is 1. The van der Waals surface area contributed by atoms with Crippen LogP contribution in [0.15, 0.2) is 78.9 Å². The van der Waals surface area contributed by atoms with Crippen LogP contribution in [0.5, 0.6) is 0 Å². The van der Waals surface area contributed by atoms with Crippen molar-refractivity contribution >= 4 is 33.7 Å². The molecule has 0 radical (unpaired) electrons. The number of halogens is 1. The molecule has 3 aromatic carbocycles. The quantitative estimate of drug-likeness (QED) is 0.0355. The summed E-state index contributed by atoms with van der Waals surface area (Å²) in [6, 6.07) is 27.8. The van der Waals surface area contributed by atoms with Gasteiger partial charge in [-0.15, -0.1) is 0 Å². The number of hydrogen-bond donors (Lipinski definition) is 0. The third kappa shape index (κ3) is 12.2. The molecule has 1 aliphatic heterocycles. The normalized spacial score (nSPS) is 18.4. The lowest BCUT2D eigenvalue weighted by Gasteiger charge is -2.55. The molecule has 9 nitrogen and oxygen atoms in total. The van der Waals surface area contributed by atoms with Crippen molar-refractivity contribution in [3.8, 4) is 0 Å². The molecular formula is C52H73BrO9. The van der Waals surface area contributed by atoms with Crippen molar-refractivity contribution < 1.29 is 42.8 Å². The first-order valence-corrected chi connectivity index (χ1v) is 23.2. The summed E-state index contributed by atoms with van der Waals surface area (Å²) < 4.78 is 34.3. The number of carbonyl (C=O) groups is 3. The van der Waals surface area contributed by atoms with Gasteiger partial charge in [-0.05, 0) is 112 Å². The Morgan fingerprint density at radius 1 is 0.694 bits per heavy atom. The van der Waals surface area contributed by atoms with Gasteiger partial charge in [-0.25, -0.2) is 4.79 Å². The highest BCUT2D eigenvalue weighted by atomic mass is 79.9. The van der Waals surface area contributed by atoms with Crippen molar-refractivity contribution in [2.45, 2.75) is 143 Å². The molecule has 0 amide bonds. The van der Waals surface area contributed by atoms with Crippen LogP contribution in [0, 0.1) is 23.2 Å². The predicted molar refractivity (Wildman–Crippen MR) is 248 cm³/mol. The second-order valence-corrected chi connectivity index (χ2v) is 20.1. The molecule has 0 spiro atoms. The second kappa shape index (κ2) is 21.5. The van der Waals surface area contributed by atoms with Crippen LogP contribution >= 0.6 is 15.9 Å². The Morgan fingerprint density at radius 3 is 1.82 bits per heavy atom. The lowest BCUT2D eigenvalue weighted by molar-refractivity contribution is -0.170. The smallest absolute Gasteiger partial charge is 0.337 e. The summed E-state index contributed by atoms with van der Waals surface area (Å²) in [6.45, 7) is 28.7. The van der Waals surface area contributed by atoms with E-state index in [9.17, 15) is 14.4 Å². The SMILES string of the molecule is CCOC(=O)C(C)(C)C(C)C(C)(c1ccccc1)C(C)C(C)(c1ccc(COC(C)(C)C(=O)OCCCOC(C)(C)C(C)=O)cc1)C(C)C(Br)c1ccc(COCC2CO2)cc1. The molecule has 0 aromatic heterocycles. The zero-order chi connectivity index (χ0) is 46.1. The van der Waals surface area contributed by atoms with Crippen molar-refractivity contribution in [1.29, 1.82) is 0 Å². The first kappa shape index (κ1) is 51.2. The van der Waals surface area contributed by atoms with Gasteiger partial charge < -0.3 is 28.4 Å². The van der Waals surface area contributed by atoms with E-state index < -0.39 is 33.4 Å². The largest absolute Gasteiger partial charge is 0.466 e. The minimum atomic E-state index is -1.19. The van der Waals surface area contributed by atoms with E-state index in [1.165, 1.54) is 6.92 Å². The van der Waals surface area contributed by atoms with Crippen LogP contribution in [-0.4, -0.2) is 68.1 Å². The highest BCUT2D eigenvalue weighted by molar-refractivity contribution is 9.09. The number of ketones is 1. The number of esters is 2. The molecule has 10 heteroatoms. The molecule has 7 unspecified atom stereocenters. The maximum absolute atomic E-state index is 13.7. The summed E-state index contributed by atoms with van der Waals surface area (Å²) in [4.78, 5) is 38.5. The van der Waals surface area contributed by atoms with E-state index in [1.807, 2.05) is 26.8 Å². The van der Waals surface area contributed by atoms with Gasteiger partial charge in [-0.1, -0.05) is 129 Å². The van der Waals surface area contributed by atoms with Crippen LogP contribution in [0.4, 0.5) is 0 Å². The lowest BCUT2D eigenvalue weighted by atomic mass is 9.48. The Labute approximate surface area is 380 Å². The number of rotatable bonds is 25. The summed E-state index contributed by atoms with van der Waals surface area (Å²) in [6.07, 6.45) is 0.686. The molecule has 62 heavy (non-hydrogen) atoms. The number of Topliss-reactive ketones (excluding diaryl/α,β-unsaturated/α-hetero) is 1. The van der Waals surface area contributed by atoms with Gasteiger partial charge in [-0.2, -0.15) is 0 Å². The molecule has 0 aliphatic carbocycles. The Hall–Kier alpha value is -3.41. The van der Waals surface area contributed by atoms with Crippen molar-refractivity contribution in [1.82, 2.24) is 0 Å². The molecule has 0 N–H and O–H groups in total. The van der Waals surface area contributed by atoms with Crippen molar-refractivity contribution in [3.05, 3.63) is 107 Å². The van der Waals surface area contributed by atoms with Gasteiger partial charge in [-0.3, -0.25) is 9.59 Å². The Bertz CT molecular complexity index is 1900. The van der Waals surface area contributed by atoms with E-state index in [0.29, 0.717) is 32.8 Å². The maximum atomic E-state index is 13.7.